The molecular formula is C21H25ClN6O. The first-order valence-corrected chi connectivity index (χ1v) is 10.3. The van der Waals surface area contributed by atoms with Gasteiger partial charge in [0.25, 0.3) is 0 Å². The fraction of sp³-hybridized carbons (Fsp3) is 0.429. The highest BCUT2D eigenvalue weighted by atomic mass is 35.5. The third-order valence-corrected chi connectivity index (χ3v) is 5.79. The van der Waals surface area contributed by atoms with Crippen LogP contribution in [-0.2, 0) is 11.3 Å². The summed E-state index contributed by atoms with van der Waals surface area (Å²) >= 11 is 6.11. The summed E-state index contributed by atoms with van der Waals surface area (Å²) in [6.45, 7) is 4.34. The molecule has 152 valence electrons. The monoisotopic (exact) mass is 412 g/mol. The lowest BCUT2D eigenvalue weighted by atomic mass is 9.85. The molecular weight excluding hydrogens is 388 g/mol. The van der Waals surface area contributed by atoms with Crippen LogP contribution < -0.4 is 9.80 Å². The van der Waals surface area contributed by atoms with Crippen molar-refractivity contribution in [1.82, 2.24) is 9.97 Å². The predicted octanol–water partition coefficient (Wildman–Crippen LogP) is 4.26. The van der Waals surface area contributed by atoms with Gasteiger partial charge in [-0.1, -0.05) is 37.3 Å². The highest BCUT2D eigenvalue weighted by Crippen LogP contribution is 2.42. The van der Waals surface area contributed by atoms with Crippen molar-refractivity contribution < 1.29 is 4.74 Å². The maximum Gasteiger partial charge on any atom is 0.224 e. The zero-order chi connectivity index (χ0) is 20.5. The first-order chi connectivity index (χ1) is 14.0. The number of amidine groups is 2. The number of ether oxygens (including phenoxy) is 1. The van der Waals surface area contributed by atoms with E-state index < -0.39 is 0 Å². The van der Waals surface area contributed by atoms with Crippen LogP contribution in [0.5, 0.6) is 0 Å². The van der Waals surface area contributed by atoms with Gasteiger partial charge in [-0.25, -0.2) is 4.98 Å². The minimum absolute atomic E-state index is 0.158. The Hall–Kier alpha value is -2.51. The largest absolute Gasteiger partial charge is 0.373 e. The second-order valence-corrected chi connectivity index (χ2v) is 7.87. The summed E-state index contributed by atoms with van der Waals surface area (Å²) in [4.78, 5) is 12.4. The van der Waals surface area contributed by atoms with Crippen LogP contribution in [-0.4, -0.2) is 39.8 Å². The van der Waals surface area contributed by atoms with Gasteiger partial charge in [-0.05, 0) is 43.4 Å². The summed E-state index contributed by atoms with van der Waals surface area (Å²) < 4.78 is 6.07. The Labute approximate surface area is 175 Å². The average Bonchev–Trinajstić information content (AvgIpc) is 2.67. The van der Waals surface area contributed by atoms with E-state index in [1.807, 2.05) is 18.2 Å². The van der Waals surface area contributed by atoms with Gasteiger partial charge in [0.1, 0.15) is 17.4 Å². The molecule has 0 saturated heterocycles. The molecule has 7 nitrogen and oxygen atoms in total. The number of halogens is 1. The third kappa shape index (κ3) is 3.72. The van der Waals surface area contributed by atoms with Crippen LogP contribution in [0.3, 0.4) is 0 Å². The van der Waals surface area contributed by atoms with Crippen LogP contribution in [0.25, 0.3) is 0 Å². The minimum atomic E-state index is -0.158. The SMILES string of the molecule is CC[C@@H]1C(=N)N(C(C)=N)c2cnc(Cl)nc2N1C1CC(OCc2ccccc2)C1. The molecule has 2 aliphatic rings. The minimum Gasteiger partial charge on any atom is -0.373 e. The molecule has 2 aromatic rings. The summed E-state index contributed by atoms with van der Waals surface area (Å²) in [7, 11) is 0. The zero-order valence-electron chi connectivity index (χ0n) is 16.6. The average molecular weight is 413 g/mol. The highest BCUT2D eigenvalue weighted by molar-refractivity contribution is 6.29. The smallest absolute Gasteiger partial charge is 0.224 e. The molecule has 29 heavy (non-hydrogen) atoms. The van der Waals surface area contributed by atoms with Crippen LogP contribution in [0.15, 0.2) is 36.5 Å². The van der Waals surface area contributed by atoms with E-state index in [-0.39, 0.29) is 29.3 Å². The number of hydrogen-bond donors (Lipinski definition) is 2. The Morgan fingerprint density at radius 3 is 2.66 bits per heavy atom. The van der Waals surface area contributed by atoms with Gasteiger partial charge in [0.05, 0.1) is 24.9 Å². The second kappa shape index (κ2) is 8.08. The van der Waals surface area contributed by atoms with Gasteiger partial charge < -0.3 is 9.64 Å². The van der Waals surface area contributed by atoms with Gasteiger partial charge >= 0.3 is 0 Å². The molecule has 8 heteroatoms. The summed E-state index contributed by atoms with van der Waals surface area (Å²) in [6, 6.07) is 10.2. The van der Waals surface area contributed by atoms with Crippen molar-refractivity contribution in [2.75, 3.05) is 9.80 Å². The predicted molar refractivity (Wildman–Crippen MR) is 115 cm³/mol. The molecule has 1 aliphatic heterocycles. The fourth-order valence-electron chi connectivity index (χ4n) is 4.12. The molecule has 0 amide bonds. The summed E-state index contributed by atoms with van der Waals surface area (Å²) in [5, 5.41) is 17.0. The number of benzene rings is 1. The van der Waals surface area contributed by atoms with E-state index in [2.05, 4.69) is 33.9 Å². The Balaban J connectivity index is 1.53. The van der Waals surface area contributed by atoms with E-state index in [9.17, 15) is 0 Å². The molecule has 2 heterocycles. The second-order valence-electron chi connectivity index (χ2n) is 7.53. The van der Waals surface area contributed by atoms with Crippen molar-refractivity contribution in [2.24, 2.45) is 0 Å². The van der Waals surface area contributed by atoms with Crippen LogP contribution in [0.2, 0.25) is 5.28 Å². The molecule has 1 saturated carbocycles. The van der Waals surface area contributed by atoms with Crippen molar-refractivity contribution in [1.29, 1.82) is 10.8 Å². The molecule has 0 bridgehead atoms. The van der Waals surface area contributed by atoms with Crippen molar-refractivity contribution in [3.8, 4) is 0 Å². The molecule has 1 atom stereocenters. The molecule has 0 spiro atoms. The molecule has 4 rings (SSSR count). The highest BCUT2D eigenvalue weighted by Gasteiger charge is 2.45. The maximum atomic E-state index is 8.71. The van der Waals surface area contributed by atoms with E-state index >= 15 is 0 Å². The quantitative estimate of drug-likeness (QED) is 0.435. The van der Waals surface area contributed by atoms with E-state index in [0.717, 1.165) is 19.3 Å². The summed E-state index contributed by atoms with van der Waals surface area (Å²) in [5.41, 5.74) is 1.81. The van der Waals surface area contributed by atoms with E-state index in [4.69, 9.17) is 27.2 Å². The third-order valence-electron chi connectivity index (χ3n) is 5.61. The fourth-order valence-corrected chi connectivity index (χ4v) is 4.25. The first-order valence-electron chi connectivity index (χ1n) is 9.89. The number of anilines is 2. The van der Waals surface area contributed by atoms with E-state index in [1.54, 1.807) is 18.0 Å². The van der Waals surface area contributed by atoms with Crippen LogP contribution >= 0.6 is 11.6 Å². The lowest BCUT2D eigenvalue weighted by Gasteiger charge is -2.51. The molecule has 1 aromatic carbocycles. The lowest BCUT2D eigenvalue weighted by Crippen LogP contribution is -2.61. The van der Waals surface area contributed by atoms with Crippen LogP contribution in [0.4, 0.5) is 11.5 Å². The summed E-state index contributed by atoms with van der Waals surface area (Å²) in [5.74, 6) is 1.36. The summed E-state index contributed by atoms with van der Waals surface area (Å²) in [6.07, 6.45) is 4.30. The van der Waals surface area contributed by atoms with Gasteiger partial charge in [-0.3, -0.25) is 15.7 Å². The van der Waals surface area contributed by atoms with Crippen molar-refractivity contribution in [2.45, 2.75) is 57.9 Å². The van der Waals surface area contributed by atoms with E-state index in [1.165, 1.54) is 5.56 Å². The number of nitrogens with zero attached hydrogens (tertiary/aromatic N) is 4. The zero-order valence-corrected chi connectivity index (χ0v) is 17.4. The maximum absolute atomic E-state index is 8.71. The van der Waals surface area contributed by atoms with E-state index in [0.29, 0.717) is 23.9 Å². The number of nitrogens with one attached hydrogen (secondary N) is 2. The Morgan fingerprint density at radius 2 is 2.00 bits per heavy atom. The van der Waals surface area contributed by atoms with Gasteiger partial charge in [0, 0.05) is 6.04 Å². The topological polar surface area (TPSA) is 89.2 Å². The molecule has 1 aromatic heterocycles. The van der Waals surface area contributed by atoms with Gasteiger partial charge in [0.15, 0.2) is 5.82 Å². The standard InChI is InChI=1S/C21H25ClN6O/c1-3-17-19(24)27(13(2)23)18-11-25-21(22)26-20(18)28(17)15-9-16(10-15)29-12-14-7-5-4-6-8-14/h4-8,11,15-17,23-24H,3,9-10,12H2,1-2H3/t15?,16?,17-/m1/s1. The normalized spacial score (nSPS) is 23.6. The molecule has 1 aliphatic carbocycles. The Morgan fingerprint density at radius 1 is 1.28 bits per heavy atom. The number of fused-ring (bicyclic) bond motifs is 1. The van der Waals surface area contributed by atoms with Crippen molar-refractivity contribution in [3.63, 3.8) is 0 Å². The first kappa shape index (κ1) is 19.8. The van der Waals surface area contributed by atoms with Crippen LogP contribution in [0.1, 0.15) is 38.7 Å². The Kier molecular flexibility index (Phi) is 5.52. The van der Waals surface area contributed by atoms with Gasteiger partial charge in [-0.15, -0.1) is 0 Å². The molecule has 0 radical (unpaired) electrons. The van der Waals surface area contributed by atoms with Crippen molar-refractivity contribution in [3.05, 3.63) is 47.4 Å². The van der Waals surface area contributed by atoms with Gasteiger partial charge in [-0.2, -0.15) is 4.98 Å². The van der Waals surface area contributed by atoms with Crippen molar-refractivity contribution >= 4 is 34.8 Å². The Bertz CT molecular complexity index is 915. The number of aromatic nitrogens is 2. The van der Waals surface area contributed by atoms with Crippen LogP contribution in [0, 0.1) is 10.8 Å². The number of rotatable bonds is 5. The molecule has 1 fully saturated rings. The lowest BCUT2D eigenvalue weighted by molar-refractivity contribution is -0.0214. The number of hydrogen-bond acceptors (Lipinski definition) is 6. The molecule has 2 N–H and O–H groups in total. The van der Waals surface area contributed by atoms with Gasteiger partial charge in [0.2, 0.25) is 5.28 Å². The molecule has 0 unspecified atom stereocenters.